The molecule has 2 unspecified atom stereocenters. The first-order chi connectivity index (χ1) is 8.77. The summed E-state index contributed by atoms with van der Waals surface area (Å²) in [5.41, 5.74) is 0. The summed E-state index contributed by atoms with van der Waals surface area (Å²) in [5.74, 6) is 0.772. The monoisotopic (exact) mass is 290 g/mol. The third kappa shape index (κ3) is 5.28. The number of rotatable bonds is 3. The van der Waals surface area contributed by atoms with Crippen molar-refractivity contribution in [1.29, 1.82) is 0 Å². The van der Waals surface area contributed by atoms with Gasteiger partial charge in [0.25, 0.3) is 0 Å². The van der Waals surface area contributed by atoms with E-state index in [1.165, 1.54) is 19.3 Å². The normalized spacial score (nSPS) is 28.4. The number of carbonyl (C=O) groups is 1. The van der Waals surface area contributed by atoms with Crippen LogP contribution >= 0.6 is 12.4 Å². The molecule has 0 aromatic rings. The predicted octanol–water partition coefficient (Wildman–Crippen LogP) is 1.83. The molecule has 2 aliphatic rings. The molecular weight excluding hydrogens is 264 g/mol. The minimum absolute atomic E-state index is 0. The molecule has 0 bridgehead atoms. The number of hydrogen-bond donors (Lipinski definition) is 1. The maximum atomic E-state index is 12.1. The molecule has 0 aromatic heterocycles. The number of hydrogen-bond acceptors (Lipinski definition) is 3. The standard InChI is InChI=1S/C14H26N2O2.ClH/c1-12-5-2-3-6-13(12)18-11-14(17)16-9-4-7-15-8-10-16;/h12-13,15H,2-11H2,1H3;1H. The van der Waals surface area contributed by atoms with Crippen LogP contribution in [0.1, 0.15) is 39.0 Å². The van der Waals surface area contributed by atoms with Crippen molar-refractivity contribution >= 4 is 18.3 Å². The highest BCUT2D eigenvalue weighted by Crippen LogP contribution is 2.26. The van der Waals surface area contributed by atoms with Gasteiger partial charge in [0.1, 0.15) is 6.61 Å². The third-order valence-corrected chi connectivity index (χ3v) is 4.15. The highest BCUT2D eigenvalue weighted by Gasteiger charge is 2.24. The molecule has 2 fully saturated rings. The Labute approximate surface area is 122 Å². The molecule has 1 amide bonds. The van der Waals surface area contributed by atoms with Crippen LogP contribution < -0.4 is 5.32 Å². The lowest BCUT2D eigenvalue weighted by atomic mass is 9.88. The molecule has 2 rings (SSSR count). The van der Waals surface area contributed by atoms with Gasteiger partial charge in [-0.05, 0) is 31.7 Å². The van der Waals surface area contributed by atoms with Gasteiger partial charge in [0.15, 0.2) is 0 Å². The fourth-order valence-electron chi connectivity index (χ4n) is 2.89. The SMILES string of the molecule is CC1CCCCC1OCC(=O)N1CCCNCC1.Cl. The zero-order valence-corrected chi connectivity index (χ0v) is 12.7. The van der Waals surface area contributed by atoms with Crippen LogP contribution in [-0.2, 0) is 9.53 Å². The van der Waals surface area contributed by atoms with Gasteiger partial charge in [0.2, 0.25) is 5.91 Å². The Morgan fingerprint density at radius 2 is 2.00 bits per heavy atom. The highest BCUT2D eigenvalue weighted by atomic mass is 35.5. The first kappa shape index (κ1) is 16.7. The molecule has 1 heterocycles. The Morgan fingerprint density at radius 1 is 1.21 bits per heavy atom. The predicted molar refractivity (Wildman–Crippen MR) is 78.7 cm³/mol. The second-order valence-corrected chi connectivity index (χ2v) is 5.60. The molecule has 0 radical (unpaired) electrons. The maximum absolute atomic E-state index is 12.1. The zero-order valence-electron chi connectivity index (χ0n) is 11.9. The highest BCUT2D eigenvalue weighted by molar-refractivity contribution is 5.85. The van der Waals surface area contributed by atoms with E-state index in [-0.39, 0.29) is 24.9 Å². The maximum Gasteiger partial charge on any atom is 0.248 e. The van der Waals surface area contributed by atoms with Crippen molar-refractivity contribution in [3.8, 4) is 0 Å². The molecule has 0 aromatic carbocycles. The number of nitrogens with one attached hydrogen (secondary N) is 1. The molecule has 1 saturated heterocycles. The van der Waals surface area contributed by atoms with Crippen LogP contribution in [0.5, 0.6) is 0 Å². The fraction of sp³-hybridized carbons (Fsp3) is 0.929. The number of halogens is 1. The van der Waals surface area contributed by atoms with E-state index in [9.17, 15) is 4.79 Å². The van der Waals surface area contributed by atoms with Crippen molar-refractivity contribution in [3.63, 3.8) is 0 Å². The van der Waals surface area contributed by atoms with Crippen molar-refractivity contribution in [1.82, 2.24) is 10.2 Å². The first-order valence-electron chi connectivity index (χ1n) is 7.37. The van der Waals surface area contributed by atoms with Gasteiger partial charge in [0, 0.05) is 19.6 Å². The molecule has 1 aliphatic carbocycles. The van der Waals surface area contributed by atoms with Crippen LogP contribution in [0.15, 0.2) is 0 Å². The van der Waals surface area contributed by atoms with E-state index < -0.39 is 0 Å². The fourth-order valence-corrected chi connectivity index (χ4v) is 2.89. The van der Waals surface area contributed by atoms with Gasteiger partial charge in [-0.3, -0.25) is 4.79 Å². The summed E-state index contributed by atoms with van der Waals surface area (Å²) >= 11 is 0. The van der Waals surface area contributed by atoms with Crippen LogP contribution in [0.3, 0.4) is 0 Å². The second kappa shape index (κ2) is 8.77. The Balaban J connectivity index is 0.00000180. The molecule has 0 spiro atoms. The smallest absolute Gasteiger partial charge is 0.248 e. The lowest BCUT2D eigenvalue weighted by Gasteiger charge is -2.29. The van der Waals surface area contributed by atoms with Crippen molar-refractivity contribution in [2.24, 2.45) is 5.92 Å². The van der Waals surface area contributed by atoms with Gasteiger partial charge in [0.05, 0.1) is 6.10 Å². The molecule has 1 saturated carbocycles. The van der Waals surface area contributed by atoms with E-state index >= 15 is 0 Å². The lowest BCUT2D eigenvalue weighted by Crippen LogP contribution is -2.38. The van der Waals surface area contributed by atoms with Gasteiger partial charge in [-0.25, -0.2) is 0 Å². The van der Waals surface area contributed by atoms with Gasteiger partial charge >= 0.3 is 0 Å². The van der Waals surface area contributed by atoms with Gasteiger partial charge in [-0.15, -0.1) is 12.4 Å². The second-order valence-electron chi connectivity index (χ2n) is 5.60. The van der Waals surface area contributed by atoms with Crippen LogP contribution in [0, 0.1) is 5.92 Å². The summed E-state index contributed by atoms with van der Waals surface area (Å²) in [6, 6.07) is 0. The van der Waals surface area contributed by atoms with E-state index in [2.05, 4.69) is 12.2 Å². The Hall–Kier alpha value is -0.320. The van der Waals surface area contributed by atoms with Crippen LogP contribution in [-0.4, -0.2) is 49.7 Å². The molecule has 5 heteroatoms. The summed E-state index contributed by atoms with van der Waals surface area (Å²) in [5, 5.41) is 3.31. The van der Waals surface area contributed by atoms with Crippen LogP contribution in [0.25, 0.3) is 0 Å². The lowest BCUT2D eigenvalue weighted by molar-refractivity contribution is -0.139. The van der Waals surface area contributed by atoms with Crippen molar-refractivity contribution in [2.45, 2.75) is 45.1 Å². The summed E-state index contributed by atoms with van der Waals surface area (Å²) in [6.45, 7) is 6.13. The topological polar surface area (TPSA) is 41.6 Å². The molecular formula is C14H27ClN2O2. The Kier molecular flexibility index (Phi) is 7.73. The van der Waals surface area contributed by atoms with Gasteiger partial charge in [-0.1, -0.05) is 19.8 Å². The summed E-state index contributed by atoms with van der Waals surface area (Å²) < 4.78 is 5.84. The molecule has 112 valence electrons. The van der Waals surface area contributed by atoms with E-state index in [1.54, 1.807) is 0 Å². The molecule has 4 nitrogen and oxygen atoms in total. The zero-order chi connectivity index (χ0) is 12.8. The van der Waals surface area contributed by atoms with Gasteiger partial charge in [-0.2, -0.15) is 0 Å². The van der Waals surface area contributed by atoms with E-state index in [0.29, 0.717) is 12.0 Å². The minimum Gasteiger partial charge on any atom is -0.368 e. The Bertz CT molecular complexity index is 268. The van der Waals surface area contributed by atoms with Crippen LogP contribution in [0.2, 0.25) is 0 Å². The van der Waals surface area contributed by atoms with Crippen molar-refractivity contribution in [2.75, 3.05) is 32.8 Å². The summed E-state index contributed by atoms with van der Waals surface area (Å²) in [7, 11) is 0. The summed E-state index contributed by atoms with van der Waals surface area (Å²) in [4.78, 5) is 14.0. The number of ether oxygens (including phenoxy) is 1. The molecule has 19 heavy (non-hydrogen) atoms. The number of nitrogens with zero attached hydrogens (tertiary/aromatic N) is 1. The van der Waals surface area contributed by atoms with Crippen molar-refractivity contribution < 1.29 is 9.53 Å². The van der Waals surface area contributed by atoms with Gasteiger partial charge < -0.3 is 15.0 Å². The number of amides is 1. The first-order valence-corrected chi connectivity index (χ1v) is 7.37. The molecule has 2 atom stereocenters. The molecule has 1 aliphatic heterocycles. The van der Waals surface area contributed by atoms with E-state index in [1.807, 2.05) is 4.90 Å². The molecule has 1 N–H and O–H groups in total. The average Bonchev–Trinajstić information content (AvgIpc) is 2.66. The largest absolute Gasteiger partial charge is 0.368 e. The van der Waals surface area contributed by atoms with Crippen molar-refractivity contribution in [3.05, 3.63) is 0 Å². The summed E-state index contributed by atoms with van der Waals surface area (Å²) in [6.07, 6.45) is 6.27. The van der Waals surface area contributed by atoms with E-state index in [4.69, 9.17) is 4.74 Å². The third-order valence-electron chi connectivity index (χ3n) is 4.15. The Morgan fingerprint density at radius 3 is 2.79 bits per heavy atom. The quantitative estimate of drug-likeness (QED) is 0.862. The number of carbonyl (C=O) groups excluding carboxylic acids is 1. The van der Waals surface area contributed by atoms with E-state index in [0.717, 1.165) is 39.0 Å². The van der Waals surface area contributed by atoms with Crippen LogP contribution in [0.4, 0.5) is 0 Å². The average molecular weight is 291 g/mol. The minimum atomic E-state index is 0.